The lowest BCUT2D eigenvalue weighted by molar-refractivity contribution is -0.183. The predicted octanol–water partition coefficient (Wildman–Crippen LogP) is 6.28. The van der Waals surface area contributed by atoms with Crippen molar-refractivity contribution in [2.45, 2.75) is 64.1 Å². The summed E-state index contributed by atoms with van der Waals surface area (Å²) in [5.74, 6) is -2.74. The first kappa shape index (κ1) is 35.4. The van der Waals surface area contributed by atoms with Crippen LogP contribution < -0.4 is 9.21 Å². The van der Waals surface area contributed by atoms with Crippen LogP contribution >= 0.6 is 30.8 Å². The molecule has 44 heavy (non-hydrogen) atoms. The number of sulfonamides is 1. The minimum atomic E-state index is -5.14. The topological polar surface area (TPSA) is 164 Å². The molecule has 2 aromatic carbocycles. The van der Waals surface area contributed by atoms with Gasteiger partial charge in [-0.15, -0.1) is 0 Å². The molecular formula is C26H31Cl2N2O12PS. The quantitative estimate of drug-likeness (QED) is 0.0851. The van der Waals surface area contributed by atoms with Gasteiger partial charge in [0.05, 0.1) is 22.8 Å². The molecule has 1 aliphatic rings. The summed E-state index contributed by atoms with van der Waals surface area (Å²) in [6.45, 7) is 7.65. The second-order valence-electron chi connectivity index (χ2n) is 9.80. The van der Waals surface area contributed by atoms with E-state index in [0.717, 1.165) is 19.2 Å². The molecule has 2 atom stereocenters. The van der Waals surface area contributed by atoms with E-state index >= 15 is 0 Å². The Morgan fingerprint density at radius 2 is 1.52 bits per heavy atom. The summed E-state index contributed by atoms with van der Waals surface area (Å²) < 4.78 is 68.3. The maximum Gasteiger partial charge on any atom is 0.541 e. The van der Waals surface area contributed by atoms with Gasteiger partial charge in [-0.25, -0.2) is 22.3 Å². The van der Waals surface area contributed by atoms with Gasteiger partial charge in [0.25, 0.3) is 16.0 Å². The zero-order valence-corrected chi connectivity index (χ0v) is 27.7. The number of hydrogen-bond donors (Lipinski definition) is 0. The van der Waals surface area contributed by atoms with Crippen LogP contribution in [0, 0.1) is 0 Å². The van der Waals surface area contributed by atoms with Crippen molar-refractivity contribution in [1.29, 1.82) is 0 Å². The number of carbonyl (C=O) groups is 3. The molecule has 1 aliphatic heterocycles. The molecule has 0 aromatic heterocycles. The molecule has 0 saturated heterocycles. The van der Waals surface area contributed by atoms with Crippen LogP contribution in [0.5, 0.6) is 0 Å². The van der Waals surface area contributed by atoms with E-state index in [4.69, 9.17) is 46.6 Å². The van der Waals surface area contributed by atoms with E-state index in [-0.39, 0.29) is 21.6 Å². The first-order chi connectivity index (χ1) is 20.5. The number of halogens is 2. The summed E-state index contributed by atoms with van der Waals surface area (Å²) in [5.41, 5.74) is 0.834. The van der Waals surface area contributed by atoms with Crippen molar-refractivity contribution in [1.82, 2.24) is 0 Å². The SMILES string of the molecule is COP(=O)(OOC(=O)OC(C)C)C(OC(=O)OC(C)C)N(c1ccc2c(c1)CCN2C(C)=O)S(=O)(=O)c1cc(Cl)cc(Cl)c1. The normalized spacial score (nSPS) is 14.9. The highest BCUT2D eigenvalue weighted by Gasteiger charge is 2.51. The van der Waals surface area contributed by atoms with Gasteiger partial charge in [0.15, 0.2) is 0 Å². The van der Waals surface area contributed by atoms with Gasteiger partial charge in [0.2, 0.25) is 5.91 Å². The van der Waals surface area contributed by atoms with Gasteiger partial charge in [0, 0.05) is 36.3 Å². The minimum Gasteiger partial charge on any atom is -0.432 e. The van der Waals surface area contributed by atoms with Gasteiger partial charge in [-0.2, -0.15) is 0 Å². The summed E-state index contributed by atoms with van der Waals surface area (Å²) in [5, 5.41) is -0.130. The van der Waals surface area contributed by atoms with Crippen molar-refractivity contribution in [3.8, 4) is 0 Å². The molecule has 0 saturated carbocycles. The third-order valence-electron chi connectivity index (χ3n) is 5.79. The number of amides is 1. The van der Waals surface area contributed by atoms with E-state index in [9.17, 15) is 27.4 Å². The fraction of sp³-hybridized carbons (Fsp3) is 0.423. The van der Waals surface area contributed by atoms with Crippen molar-refractivity contribution in [3.63, 3.8) is 0 Å². The first-order valence-electron chi connectivity index (χ1n) is 13.0. The molecule has 0 aliphatic carbocycles. The average Bonchev–Trinajstić information content (AvgIpc) is 3.34. The van der Waals surface area contributed by atoms with Crippen molar-refractivity contribution < 1.29 is 55.7 Å². The Labute approximate surface area is 264 Å². The van der Waals surface area contributed by atoms with Crippen LogP contribution in [0.2, 0.25) is 10.0 Å². The number of rotatable bonds is 11. The second-order valence-corrected chi connectivity index (χ2v) is 14.5. The summed E-state index contributed by atoms with van der Waals surface area (Å²) in [6.07, 6.45) is -4.00. The zero-order valence-electron chi connectivity index (χ0n) is 24.5. The maximum absolute atomic E-state index is 14.3. The van der Waals surface area contributed by atoms with E-state index < -0.39 is 53.0 Å². The summed E-state index contributed by atoms with van der Waals surface area (Å²) in [6, 6.07) is 7.52. The standard InChI is InChI=1S/C26H31Cl2N2O12PS/c1-15(2)38-25(32)40-24(43(34,37-6)42-41-26(33)39-16(3)4)30(44(35,36)22-13-19(27)12-20(28)14-22)21-7-8-23-18(11-21)9-10-29(23)17(5)31/h7-8,11-16,24H,9-10H2,1-6H3. The van der Waals surface area contributed by atoms with E-state index in [1.165, 1.54) is 63.8 Å². The lowest BCUT2D eigenvalue weighted by Gasteiger charge is -2.34. The molecule has 18 heteroatoms. The fourth-order valence-electron chi connectivity index (χ4n) is 4.03. The van der Waals surface area contributed by atoms with Crippen LogP contribution in [0.1, 0.15) is 40.2 Å². The lowest BCUT2D eigenvalue weighted by atomic mass is 10.1. The van der Waals surface area contributed by atoms with E-state index in [1.54, 1.807) is 0 Å². The van der Waals surface area contributed by atoms with Gasteiger partial charge in [0.1, 0.15) is 0 Å². The van der Waals surface area contributed by atoms with Gasteiger partial charge in [-0.3, -0.25) is 14.2 Å². The van der Waals surface area contributed by atoms with Crippen LogP contribution in [0.25, 0.3) is 0 Å². The van der Waals surface area contributed by atoms with Crippen molar-refractivity contribution in [3.05, 3.63) is 52.0 Å². The van der Waals surface area contributed by atoms with Crippen LogP contribution in [0.15, 0.2) is 41.3 Å². The third kappa shape index (κ3) is 8.34. The van der Waals surface area contributed by atoms with Gasteiger partial charge < -0.3 is 23.6 Å². The highest BCUT2D eigenvalue weighted by Crippen LogP contribution is 2.56. The monoisotopic (exact) mass is 696 g/mol. The van der Waals surface area contributed by atoms with E-state index in [2.05, 4.69) is 4.89 Å². The van der Waals surface area contributed by atoms with Gasteiger partial charge in [-0.05, 0) is 76.1 Å². The summed E-state index contributed by atoms with van der Waals surface area (Å²) in [7, 11) is -9.22. The number of benzene rings is 2. The number of anilines is 2. The molecule has 1 amide bonds. The van der Waals surface area contributed by atoms with Gasteiger partial charge >= 0.3 is 19.9 Å². The second kappa shape index (κ2) is 14.4. The maximum atomic E-state index is 14.3. The fourth-order valence-corrected chi connectivity index (χ4v) is 7.94. The molecule has 0 N–H and O–H groups in total. The largest absolute Gasteiger partial charge is 0.541 e. The molecule has 2 aromatic rings. The smallest absolute Gasteiger partial charge is 0.432 e. The van der Waals surface area contributed by atoms with Crippen LogP contribution in [0.3, 0.4) is 0 Å². The number of hydrogen-bond acceptors (Lipinski definition) is 12. The lowest BCUT2D eigenvalue weighted by Crippen LogP contribution is -2.44. The van der Waals surface area contributed by atoms with Gasteiger partial charge in [-0.1, -0.05) is 27.9 Å². The molecule has 3 rings (SSSR count). The molecule has 0 radical (unpaired) electrons. The molecule has 0 bridgehead atoms. The summed E-state index contributed by atoms with van der Waals surface area (Å²) in [4.78, 5) is 42.5. The van der Waals surface area contributed by atoms with Crippen LogP contribution in [0.4, 0.5) is 21.0 Å². The molecule has 0 fully saturated rings. The number of carbonyl (C=O) groups excluding carboxylic acids is 3. The Hall–Kier alpha value is -3.07. The average molecular weight is 697 g/mol. The Morgan fingerprint density at radius 1 is 0.932 bits per heavy atom. The highest BCUT2D eigenvalue weighted by molar-refractivity contribution is 7.93. The van der Waals surface area contributed by atoms with Crippen LogP contribution in [-0.4, -0.2) is 58.5 Å². The van der Waals surface area contributed by atoms with Crippen LogP contribution in [-0.2, 0) is 54.1 Å². The Bertz CT molecular complexity index is 1550. The Kier molecular flexibility index (Phi) is 11.6. The minimum absolute atomic E-state index is 0.0651. The van der Waals surface area contributed by atoms with Crippen molar-refractivity contribution in [2.75, 3.05) is 22.9 Å². The van der Waals surface area contributed by atoms with Crippen molar-refractivity contribution >= 4 is 70.4 Å². The molecule has 0 spiro atoms. The predicted molar refractivity (Wildman–Crippen MR) is 159 cm³/mol. The number of ether oxygens (including phenoxy) is 3. The van der Waals surface area contributed by atoms with E-state index in [1.807, 2.05) is 0 Å². The molecule has 242 valence electrons. The molecule has 2 unspecified atom stereocenters. The summed E-state index contributed by atoms with van der Waals surface area (Å²) >= 11 is 12.2. The molecule has 14 nitrogen and oxygen atoms in total. The number of nitrogens with zero attached hydrogens (tertiary/aromatic N) is 2. The van der Waals surface area contributed by atoms with E-state index in [0.29, 0.717) is 28.5 Å². The zero-order chi connectivity index (χ0) is 33.0. The molecule has 1 heterocycles. The Balaban J connectivity index is 2.27. The Morgan fingerprint density at radius 3 is 2.07 bits per heavy atom. The third-order valence-corrected chi connectivity index (χ3v) is 9.80. The van der Waals surface area contributed by atoms with Crippen molar-refractivity contribution in [2.24, 2.45) is 0 Å². The first-order valence-corrected chi connectivity index (χ1v) is 16.8. The highest BCUT2D eigenvalue weighted by atomic mass is 35.5. The molecular weight excluding hydrogens is 666 g/mol. The number of fused-ring (bicyclic) bond motifs is 1.